The van der Waals surface area contributed by atoms with Crippen molar-refractivity contribution in [2.75, 3.05) is 0 Å². The number of thiophene rings is 1. The molecule has 0 spiro atoms. The van der Waals surface area contributed by atoms with E-state index < -0.39 is 0 Å². The molecule has 0 saturated carbocycles. The van der Waals surface area contributed by atoms with Crippen molar-refractivity contribution < 1.29 is 0 Å². The number of aromatic nitrogens is 2. The van der Waals surface area contributed by atoms with Crippen LogP contribution in [0.5, 0.6) is 0 Å². The average Bonchev–Trinajstić information content (AvgIpc) is 2.40. The van der Waals surface area contributed by atoms with Crippen molar-refractivity contribution in [3.63, 3.8) is 0 Å². The summed E-state index contributed by atoms with van der Waals surface area (Å²) in [6, 6.07) is 2.14. The van der Waals surface area contributed by atoms with Gasteiger partial charge in [0, 0.05) is 11.1 Å². The minimum Gasteiger partial charge on any atom is -0.243 e. The molecule has 0 amide bonds. The van der Waals surface area contributed by atoms with Gasteiger partial charge in [0.2, 0.25) is 0 Å². The quantitative estimate of drug-likeness (QED) is 0.614. The van der Waals surface area contributed by atoms with E-state index in [2.05, 4.69) is 16.0 Å². The summed E-state index contributed by atoms with van der Waals surface area (Å²) in [6.45, 7) is 1.92. The summed E-state index contributed by atoms with van der Waals surface area (Å²) < 4.78 is 0.978. The predicted octanol–water partition coefficient (Wildman–Crippen LogP) is 1.87. The van der Waals surface area contributed by atoms with E-state index in [9.17, 15) is 0 Å². The van der Waals surface area contributed by atoms with E-state index in [1.54, 1.807) is 17.5 Å². The van der Waals surface area contributed by atoms with Crippen LogP contribution in [0.4, 0.5) is 0 Å². The molecule has 0 saturated heterocycles. The summed E-state index contributed by atoms with van der Waals surface area (Å²) in [5.74, 6) is 0. The first-order valence-electron chi connectivity index (χ1n) is 3.42. The highest BCUT2D eigenvalue weighted by molar-refractivity contribution is 7.19. The highest BCUT2D eigenvalue weighted by Gasteiger charge is 2.08. The lowest BCUT2D eigenvalue weighted by Gasteiger charge is -1.84. The maximum atomic E-state index is 8.80. The van der Waals surface area contributed by atoms with Crippen LogP contribution in [0, 0.1) is 18.3 Å². The molecular formula is C8H5N3S. The van der Waals surface area contributed by atoms with Crippen LogP contribution in [-0.2, 0) is 0 Å². The number of rotatable bonds is 0. The standard InChI is InChI=1S/C8H5N3S/c1-5-6(2-9)8-7(12-5)3-10-4-11-8/h3-4H,1H3. The first-order valence-corrected chi connectivity index (χ1v) is 4.24. The zero-order valence-electron chi connectivity index (χ0n) is 6.40. The highest BCUT2D eigenvalue weighted by Crippen LogP contribution is 2.27. The maximum Gasteiger partial charge on any atom is 0.116 e. The van der Waals surface area contributed by atoms with Gasteiger partial charge in [0.1, 0.15) is 17.9 Å². The molecule has 0 bridgehead atoms. The van der Waals surface area contributed by atoms with Gasteiger partial charge in [-0.2, -0.15) is 5.26 Å². The zero-order valence-corrected chi connectivity index (χ0v) is 7.22. The van der Waals surface area contributed by atoms with Gasteiger partial charge in [0.15, 0.2) is 0 Å². The molecule has 2 aromatic heterocycles. The molecule has 3 nitrogen and oxygen atoms in total. The van der Waals surface area contributed by atoms with Crippen molar-refractivity contribution in [2.45, 2.75) is 6.92 Å². The zero-order chi connectivity index (χ0) is 8.55. The number of nitriles is 1. The van der Waals surface area contributed by atoms with E-state index in [4.69, 9.17) is 5.26 Å². The Bertz CT molecular complexity index is 467. The van der Waals surface area contributed by atoms with Crippen LogP contribution < -0.4 is 0 Å². The van der Waals surface area contributed by atoms with E-state index in [1.165, 1.54) is 6.33 Å². The first-order chi connectivity index (χ1) is 5.83. The second-order valence-corrected chi connectivity index (χ2v) is 3.64. The lowest BCUT2D eigenvalue weighted by molar-refractivity contribution is 1.23. The van der Waals surface area contributed by atoms with Crippen LogP contribution >= 0.6 is 11.3 Å². The molecule has 0 radical (unpaired) electrons. The SMILES string of the molecule is Cc1sc2cncnc2c1C#N. The fraction of sp³-hybridized carbons (Fsp3) is 0.125. The molecule has 0 unspecified atom stereocenters. The van der Waals surface area contributed by atoms with Crippen molar-refractivity contribution in [3.8, 4) is 6.07 Å². The summed E-state index contributed by atoms with van der Waals surface area (Å²) >= 11 is 1.56. The van der Waals surface area contributed by atoms with Gasteiger partial charge in [-0.1, -0.05) is 0 Å². The Morgan fingerprint density at radius 1 is 1.58 bits per heavy atom. The van der Waals surface area contributed by atoms with Gasteiger partial charge < -0.3 is 0 Å². The molecule has 0 aromatic carbocycles. The molecule has 0 fully saturated rings. The monoisotopic (exact) mass is 175 g/mol. The Morgan fingerprint density at radius 3 is 3.17 bits per heavy atom. The minimum atomic E-state index is 0.678. The van der Waals surface area contributed by atoms with E-state index in [0.717, 1.165) is 15.1 Å². The molecule has 0 N–H and O–H groups in total. The van der Waals surface area contributed by atoms with E-state index in [0.29, 0.717) is 5.56 Å². The Balaban J connectivity index is 2.93. The summed E-state index contributed by atoms with van der Waals surface area (Å²) in [5.41, 5.74) is 1.45. The maximum absolute atomic E-state index is 8.80. The van der Waals surface area contributed by atoms with Crippen molar-refractivity contribution >= 4 is 21.6 Å². The normalized spacial score (nSPS) is 10.0. The van der Waals surface area contributed by atoms with Crippen LogP contribution in [0.25, 0.3) is 10.2 Å². The minimum absolute atomic E-state index is 0.678. The largest absolute Gasteiger partial charge is 0.243 e. The smallest absolute Gasteiger partial charge is 0.116 e. The van der Waals surface area contributed by atoms with Crippen molar-refractivity contribution in [1.29, 1.82) is 5.26 Å². The van der Waals surface area contributed by atoms with Gasteiger partial charge in [-0.05, 0) is 6.92 Å². The number of fused-ring (bicyclic) bond motifs is 1. The van der Waals surface area contributed by atoms with Crippen LogP contribution in [0.15, 0.2) is 12.5 Å². The number of nitrogens with zero attached hydrogens (tertiary/aromatic N) is 3. The highest BCUT2D eigenvalue weighted by atomic mass is 32.1. The molecule has 0 aliphatic rings. The van der Waals surface area contributed by atoms with Crippen molar-refractivity contribution in [2.24, 2.45) is 0 Å². The lowest BCUT2D eigenvalue weighted by Crippen LogP contribution is -1.78. The van der Waals surface area contributed by atoms with Gasteiger partial charge in [-0.15, -0.1) is 11.3 Å². The van der Waals surface area contributed by atoms with Gasteiger partial charge >= 0.3 is 0 Å². The topological polar surface area (TPSA) is 49.6 Å². The van der Waals surface area contributed by atoms with Gasteiger partial charge in [0.05, 0.1) is 10.3 Å². The number of hydrogen-bond donors (Lipinski definition) is 0. The van der Waals surface area contributed by atoms with Crippen LogP contribution in [0.3, 0.4) is 0 Å². The summed E-state index contributed by atoms with van der Waals surface area (Å²) in [5, 5.41) is 8.80. The van der Waals surface area contributed by atoms with Crippen molar-refractivity contribution in [3.05, 3.63) is 23.0 Å². The predicted molar refractivity (Wildman–Crippen MR) is 46.9 cm³/mol. The summed E-state index contributed by atoms with van der Waals surface area (Å²) in [4.78, 5) is 8.95. The second-order valence-electron chi connectivity index (χ2n) is 2.38. The molecule has 0 atom stereocenters. The summed E-state index contributed by atoms with van der Waals surface area (Å²) in [6.07, 6.45) is 3.20. The van der Waals surface area contributed by atoms with Gasteiger partial charge in [0.25, 0.3) is 0 Å². The van der Waals surface area contributed by atoms with E-state index in [-0.39, 0.29) is 0 Å². The molecular weight excluding hydrogens is 170 g/mol. The Labute approximate surface area is 73.3 Å². The fourth-order valence-corrected chi connectivity index (χ4v) is 2.03. The summed E-state index contributed by atoms with van der Waals surface area (Å²) in [7, 11) is 0. The van der Waals surface area contributed by atoms with Crippen LogP contribution in [0.1, 0.15) is 10.4 Å². The third-order valence-corrected chi connectivity index (χ3v) is 2.67. The number of aryl methyl sites for hydroxylation is 1. The molecule has 2 aromatic rings. The molecule has 0 aliphatic carbocycles. The fourth-order valence-electron chi connectivity index (χ4n) is 1.09. The van der Waals surface area contributed by atoms with E-state index in [1.807, 2.05) is 6.92 Å². The third-order valence-electron chi connectivity index (χ3n) is 1.64. The Morgan fingerprint density at radius 2 is 2.42 bits per heavy atom. The van der Waals surface area contributed by atoms with E-state index >= 15 is 0 Å². The molecule has 12 heavy (non-hydrogen) atoms. The molecule has 58 valence electrons. The van der Waals surface area contributed by atoms with Gasteiger partial charge in [-0.3, -0.25) is 0 Å². The Kier molecular flexibility index (Phi) is 1.52. The van der Waals surface area contributed by atoms with Gasteiger partial charge in [-0.25, -0.2) is 9.97 Å². The van der Waals surface area contributed by atoms with Crippen molar-refractivity contribution in [1.82, 2.24) is 9.97 Å². The molecule has 2 heterocycles. The molecule has 0 aliphatic heterocycles. The lowest BCUT2D eigenvalue weighted by atomic mass is 10.2. The van der Waals surface area contributed by atoms with Crippen LogP contribution in [-0.4, -0.2) is 9.97 Å². The molecule has 2 rings (SSSR count). The van der Waals surface area contributed by atoms with Crippen LogP contribution in [0.2, 0.25) is 0 Å². The molecule has 4 heteroatoms. The average molecular weight is 175 g/mol. The second kappa shape index (κ2) is 2.54. The Hall–Kier alpha value is -1.47. The first kappa shape index (κ1) is 7.19. The number of hydrogen-bond acceptors (Lipinski definition) is 4. The third kappa shape index (κ3) is 0.874.